The zero-order valence-electron chi connectivity index (χ0n) is 7.46. The third-order valence-corrected chi connectivity index (χ3v) is 3.35. The molecule has 0 fully saturated rings. The molecular weight excluding hydrogens is 237 g/mol. The summed E-state index contributed by atoms with van der Waals surface area (Å²) in [6, 6.07) is 7.59. The van der Waals surface area contributed by atoms with E-state index in [2.05, 4.69) is 6.07 Å². The molecule has 0 aliphatic rings. The smallest absolute Gasteiger partial charge is 0.102 e. The zero-order valence-corrected chi connectivity index (χ0v) is 9.79. The van der Waals surface area contributed by atoms with Crippen molar-refractivity contribution < 1.29 is 0 Å². The Kier molecular flexibility index (Phi) is 5.17. The number of benzene rings is 1. The van der Waals surface area contributed by atoms with Crippen LogP contribution in [-0.2, 0) is 0 Å². The third kappa shape index (κ3) is 3.09. The van der Waals surface area contributed by atoms with Crippen LogP contribution in [0.5, 0.6) is 0 Å². The van der Waals surface area contributed by atoms with E-state index in [4.69, 9.17) is 28.5 Å². The summed E-state index contributed by atoms with van der Waals surface area (Å²) in [7, 11) is 0. The van der Waals surface area contributed by atoms with Gasteiger partial charge in [0.05, 0.1) is 10.6 Å². The summed E-state index contributed by atoms with van der Waals surface area (Å²) in [6.07, 6.45) is 0.934. The molecule has 0 atom stereocenters. The van der Waals surface area contributed by atoms with Gasteiger partial charge in [0.25, 0.3) is 0 Å². The highest BCUT2D eigenvalue weighted by Crippen LogP contribution is 2.28. The molecule has 0 aliphatic carbocycles. The first-order valence-electron chi connectivity index (χ1n) is 4.17. The summed E-state index contributed by atoms with van der Waals surface area (Å²) < 4.78 is 0. The molecular formula is C10H9Cl2NS. The van der Waals surface area contributed by atoms with Crippen molar-refractivity contribution in [2.45, 2.75) is 11.3 Å². The standard InChI is InChI=1S/C10H9Cl2NS/c11-5-2-6-14-10-4-1-3-9(12)8(10)7-13/h1,3-4H,2,5-6H2. The maximum absolute atomic E-state index is 8.88. The second kappa shape index (κ2) is 6.19. The van der Waals surface area contributed by atoms with Crippen molar-refractivity contribution in [1.29, 1.82) is 5.26 Å². The van der Waals surface area contributed by atoms with Crippen molar-refractivity contribution in [3.63, 3.8) is 0 Å². The Morgan fingerprint density at radius 1 is 1.43 bits per heavy atom. The van der Waals surface area contributed by atoms with Crippen molar-refractivity contribution in [2.75, 3.05) is 11.6 Å². The average molecular weight is 246 g/mol. The van der Waals surface area contributed by atoms with Crippen LogP contribution in [0.1, 0.15) is 12.0 Å². The molecule has 1 nitrogen and oxygen atoms in total. The fraction of sp³-hybridized carbons (Fsp3) is 0.300. The molecule has 0 saturated heterocycles. The Morgan fingerprint density at radius 2 is 2.21 bits per heavy atom. The minimum absolute atomic E-state index is 0.517. The van der Waals surface area contributed by atoms with E-state index < -0.39 is 0 Å². The number of hydrogen-bond donors (Lipinski definition) is 0. The van der Waals surface area contributed by atoms with Gasteiger partial charge in [-0.15, -0.1) is 23.4 Å². The predicted molar refractivity (Wildman–Crippen MR) is 62.2 cm³/mol. The van der Waals surface area contributed by atoms with Gasteiger partial charge in [-0.3, -0.25) is 0 Å². The van der Waals surface area contributed by atoms with Crippen molar-refractivity contribution in [1.82, 2.24) is 0 Å². The van der Waals surface area contributed by atoms with Crippen LogP contribution in [0.4, 0.5) is 0 Å². The Bertz CT molecular complexity index is 346. The third-order valence-electron chi connectivity index (χ3n) is 1.62. The molecule has 1 aromatic carbocycles. The van der Waals surface area contributed by atoms with Gasteiger partial charge < -0.3 is 0 Å². The lowest BCUT2D eigenvalue weighted by Crippen LogP contribution is -1.85. The lowest BCUT2D eigenvalue weighted by atomic mass is 10.2. The molecule has 74 valence electrons. The topological polar surface area (TPSA) is 23.8 Å². The van der Waals surface area contributed by atoms with Crippen LogP contribution in [0.2, 0.25) is 5.02 Å². The van der Waals surface area contributed by atoms with Crippen molar-refractivity contribution in [3.8, 4) is 6.07 Å². The first-order valence-corrected chi connectivity index (χ1v) is 6.06. The van der Waals surface area contributed by atoms with Crippen LogP contribution in [-0.4, -0.2) is 11.6 Å². The predicted octanol–water partition coefficient (Wildman–Crippen LogP) is 3.93. The molecule has 0 aliphatic heterocycles. The van der Waals surface area contributed by atoms with Crippen LogP contribution in [0.15, 0.2) is 23.1 Å². The van der Waals surface area contributed by atoms with Crippen molar-refractivity contribution in [2.24, 2.45) is 0 Å². The lowest BCUT2D eigenvalue weighted by molar-refractivity contribution is 1.11. The first-order chi connectivity index (χ1) is 6.79. The van der Waals surface area contributed by atoms with Crippen molar-refractivity contribution >= 4 is 35.0 Å². The van der Waals surface area contributed by atoms with Gasteiger partial charge in [0.15, 0.2) is 0 Å². The quantitative estimate of drug-likeness (QED) is 0.456. The van der Waals surface area contributed by atoms with Gasteiger partial charge in [0, 0.05) is 10.8 Å². The highest BCUT2D eigenvalue weighted by atomic mass is 35.5. The molecule has 0 heterocycles. The van der Waals surface area contributed by atoms with Crippen LogP contribution < -0.4 is 0 Å². The minimum Gasteiger partial charge on any atom is -0.192 e. The molecule has 0 N–H and O–H groups in total. The second-order valence-corrected chi connectivity index (χ2v) is 4.54. The van der Waals surface area contributed by atoms with E-state index in [-0.39, 0.29) is 0 Å². The number of rotatable bonds is 4. The van der Waals surface area contributed by atoms with Gasteiger partial charge in [-0.05, 0) is 24.3 Å². The monoisotopic (exact) mass is 245 g/mol. The Hall–Kier alpha value is -0.360. The normalized spacial score (nSPS) is 9.79. The fourth-order valence-corrected chi connectivity index (χ4v) is 2.52. The van der Waals surface area contributed by atoms with E-state index in [0.717, 1.165) is 17.1 Å². The number of thioether (sulfide) groups is 1. The summed E-state index contributed by atoms with van der Waals surface area (Å²) >= 11 is 13.1. The maximum atomic E-state index is 8.88. The number of alkyl halides is 1. The molecule has 14 heavy (non-hydrogen) atoms. The molecule has 0 amide bonds. The van der Waals surface area contributed by atoms with Gasteiger partial charge in [-0.2, -0.15) is 5.26 Å². The van der Waals surface area contributed by atoms with Gasteiger partial charge in [0.1, 0.15) is 6.07 Å². The summed E-state index contributed by atoms with van der Waals surface area (Å²) in [6.45, 7) is 0. The molecule has 0 unspecified atom stereocenters. The molecule has 0 bridgehead atoms. The summed E-state index contributed by atoms with van der Waals surface area (Å²) in [5.41, 5.74) is 0.564. The van der Waals surface area contributed by atoms with Crippen LogP contribution in [0.3, 0.4) is 0 Å². The highest BCUT2D eigenvalue weighted by molar-refractivity contribution is 7.99. The van der Waals surface area contributed by atoms with Gasteiger partial charge in [-0.25, -0.2) is 0 Å². The fourth-order valence-electron chi connectivity index (χ4n) is 0.970. The lowest BCUT2D eigenvalue weighted by Gasteiger charge is -2.03. The summed E-state index contributed by atoms with van der Waals surface area (Å²) in [5.74, 6) is 1.56. The van der Waals surface area contributed by atoms with E-state index in [1.54, 1.807) is 17.8 Å². The Balaban J connectivity index is 2.76. The number of halogens is 2. The second-order valence-electron chi connectivity index (χ2n) is 2.62. The van der Waals surface area contributed by atoms with E-state index in [0.29, 0.717) is 16.5 Å². The largest absolute Gasteiger partial charge is 0.192 e. The molecule has 1 rings (SSSR count). The maximum Gasteiger partial charge on any atom is 0.102 e. The highest BCUT2D eigenvalue weighted by Gasteiger charge is 2.05. The van der Waals surface area contributed by atoms with E-state index in [9.17, 15) is 0 Å². The van der Waals surface area contributed by atoms with Gasteiger partial charge >= 0.3 is 0 Å². The van der Waals surface area contributed by atoms with Crippen LogP contribution in [0.25, 0.3) is 0 Å². The summed E-state index contributed by atoms with van der Waals surface area (Å²) in [5, 5.41) is 9.40. The zero-order chi connectivity index (χ0) is 10.4. The Morgan fingerprint density at radius 3 is 2.86 bits per heavy atom. The molecule has 4 heteroatoms. The molecule has 0 radical (unpaired) electrons. The van der Waals surface area contributed by atoms with Gasteiger partial charge in [-0.1, -0.05) is 17.7 Å². The van der Waals surface area contributed by atoms with Crippen LogP contribution >= 0.6 is 35.0 Å². The van der Waals surface area contributed by atoms with E-state index in [1.165, 1.54) is 0 Å². The molecule has 0 spiro atoms. The first kappa shape index (κ1) is 11.7. The number of hydrogen-bond acceptors (Lipinski definition) is 2. The van der Waals surface area contributed by atoms with E-state index in [1.807, 2.05) is 12.1 Å². The summed E-state index contributed by atoms with van der Waals surface area (Å²) in [4.78, 5) is 0.935. The van der Waals surface area contributed by atoms with Crippen LogP contribution in [0, 0.1) is 11.3 Å². The molecule has 0 aromatic heterocycles. The van der Waals surface area contributed by atoms with E-state index >= 15 is 0 Å². The number of nitrogens with zero attached hydrogens (tertiary/aromatic N) is 1. The van der Waals surface area contributed by atoms with Gasteiger partial charge in [0.2, 0.25) is 0 Å². The number of nitriles is 1. The average Bonchev–Trinajstić information content (AvgIpc) is 2.18. The molecule has 0 saturated carbocycles. The SMILES string of the molecule is N#Cc1c(Cl)cccc1SCCCCl. The minimum atomic E-state index is 0.517. The Labute approximate surface area is 98.0 Å². The van der Waals surface area contributed by atoms with Crippen molar-refractivity contribution in [3.05, 3.63) is 28.8 Å². The molecule has 1 aromatic rings.